The fourth-order valence-electron chi connectivity index (χ4n) is 5.95. The zero-order valence-corrected chi connectivity index (χ0v) is 24.3. The van der Waals surface area contributed by atoms with Crippen molar-refractivity contribution < 1.29 is 14.3 Å². The molecule has 7 nitrogen and oxygen atoms in total. The maximum atomic E-state index is 14.3. The molecule has 0 saturated carbocycles. The topological polar surface area (TPSA) is 76.5 Å². The highest BCUT2D eigenvalue weighted by Crippen LogP contribution is 2.56. The second kappa shape index (κ2) is 9.68. The molecule has 6 rings (SSSR count). The maximum Gasteiger partial charge on any atom is 0.280 e. The number of carbonyl (C=O) groups excluding carboxylic acids is 2. The van der Waals surface area contributed by atoms with E-state index in [2.05, 4.69) is 19.2 Å². The number of ether oxygens (including phenoxy) is 1. The van der Waals surface area contributed by atoms with Crippen LogP contribution in [0.25, 0.3) is 16.8 Å². The van der Waals surface area contributed by atoms with Crippen LogP contribution in [0.3, 0.4) is 0 Å². The number of fused-ring (bicyclic) bond motifs is 8. The maximum absolute atomic E-state index is 14.3. The standard InChI is InChI=1S/C31H28Cl2N4O3/c1-15(2)28-26-27(35-37(28)23-12-18(14-34-17(4)38)7-11-24(23)40-5)31(39)36-29-16(3)6-10-22(33)25(29)21-13-19(32)8-9-20(21)30(26)36/h6-13,15,30H,14H2,1-5H3,(H,34,38). The highest BCUT2D eigenvalue weighted by molar-refractivity contribution is 6.35. The number of hydrogen-bond donors (Lipinski definition) is 1. The molecule has 0 bridgehead atoms. The summed E-state index contributed by atoms with van der Waals surface area (Å²) in [6.45, 7) is 8.02. The van der Waals surface area contributed by atoms with E-state index in [9.17, 15) is 9.59 Å². The molecular weight excluding hydrogens is 547 g/mol. The fourth-order valence-corrected chi connectivity index (χ4v) is 6.38. The SMILES string of the molecule is COc1ccc(CNC(C)=O)cc1-n1nc2c(c1C(C)C)C1c3ccc(Cl)cc3-c3c(Cl)ccc(C)c3N1C2=O. The highest BCUT2D eigenvalue weighted by atomic mass is 35.5. The van der Waals surface area contributed by atoms with Gasteiger partial charge in [0.2, 0.25) is 5.91 Å². The quantitative estimate of drug-likeness (QED) is 0.279. The third-order valence-corrected chi connectivity index (χ3v) is 8.17. The van der Waals surface area contributed by atoms with Crippen LogP contribution in [-0.2, 0) is 11.3 Å². The Labute approximate surface area is 242 Å². The summed E-state index contributed by atoms with van der Waals surface area (Å²) in [5.41, 5.74) is 8.16. The lowest BCUT2D eigenvalue weighted by Gasteiger charge is -2.36. The molecular formula is C31H28Cl2N4O3. The monoisotopic (exact) mass is 574 g/mol. The van der Waals surface area contributed by atoms with Gasteiger partial charge in [-0.3, -0.25) is 14.5 Å². The number of halogens is 2. The summed E-state index contributed by atoms with van der Waals surface area (Å²) >= 11 is 13.2. The number of aryl methyl sites for hydroxylation is 1. The molecule has 0 spiro atoms. The predicted octanol–water partition coefficient (Wildman–Crippen LogP) is 6.99. The van der Waals surface area contributed by atoms with E-state index < -0.39 is 0 Å². The van der Waals surface area contributed by atoms with Gasteiger partial charge in [-0.1, -0.05) is 55.2 Å². The average molecular weight is 575 g/mol. The molecule has 0 radical (unpaired) electrons. The van der Waals surface area contributed by atoms with Gasteiger partial charge in [0.25, 0.3) is 5.91 Å². The molecule has 1 N–H and O–H groups in total. The van der Waals surface area contributed by atoms with Crippen LogP contribution >= 0.6 is 23.2 Å². The molecule has 3 heterocycles. The third-order valence-electron chi connectivity index (χ3n) is 7.62. The Hall–Kier alpha value is -3.81. The van der Waals surface area contributed by atoms with Gasteiger partial charge in [0.1, 0.15) is 11.4 Å². The van der Waals surface area contributed by atoms with Crippen molar-refractivity contribution in [1.82, 2.24) is 15.1 Å². The van der Waals surface area contributed by atoms with E-state index in [-0.39, 0.29) is 23.8 Å². The lowest BCUT2D eigenvalue weighted by Crippen LogP contribution is -2.34. The van der Waals surface area contributed by atoms with E-state index in [1.807, 2.05) is 65.0 Å². The summed E-state index contributed by atoms with van der Waals surface area (Å²) in [4.78, 5) is 27.6. The minimum Gasteiger partial charge on any atom is -0.494 e. The van der Waals surface area contributed by atoms with Gasteiger partial charge in [-0.25, -0.2) is 4.68 Å². The van der Waals surface area contributed by atoms with Crippen molar-refractivity contribution in [3.63, 3.8) is 0 Å². The van der Waals surface area contributed by atoms with Crippen molar-refractivity contribution in [2.75, 3.05) is 12.0 Å². The van der Waals surface area contributed by atoms with Gasteiger partial charge < -0.3 is 10.1 Å². The Morgan fingerprint density at radius 1 is 1.12 bits per heavy atom. The van der Waals surface area contributed by atoms with Crippen LogP contribution in [0.4, 0.5) is 5.69 Å². The number of hydrogen-bond acceptors (Lipinski definition) is 4. The summed E-state index contributed by atoms with van der Waals surface area (Å²) in [6, 6.07) is 14.9. The number of anilines is 1. The van der Waals surface area contributed by atoms with Crippen molar-refractivity contribution in [2.45, 2.75) is 46.2 Å². The predicted molar refractivity (Wildman–Crippen MR) is 157 cm³/mol. The smallest absolute Gasteiger partial charge is 0.280 e. The molecule has 4 aromatic rings. The number of aromatic nitrogens is 2. The Balaban J connectivity index is 1.61. The summed E-state index contributed by atoms with van der Waals surface area (Å²) < 4.78 is 7.55. The second-order valence-corrected chi connectivity index (χ2v) is 11.4. The molecule has 0 fully saturated rings. The summed E-state index contributed by atoms with van der Waals surface area (Å²) in [7, 11) is 1.61. The van der Waals surface area contributed by atoms with Gasteiger partial charge in [-0.15, -0.1) is 0 Å². The number of amides is 2. The average Bonchev–Trinajstić information content (AvgIpc) is 3.44. The number of methoxy groups -OCH3 is 1. The largest absolute Gasteiger partial charge is 0.494 e. The minimum atomic E-state index is -0.390. The van der Waals surface area contributed by atoms with E-state index >= 15 is 0 Å². The van der Waals surface area contributed by atoms with Crippen LogP contribution in [0.15, 0.2) is 48.5 Å². The molecule has 1 unspecified atom stereocenters. The molecule has 3 aromatic carbocycles. The van der Waals surface area contributed by atoms with Gasteiger partial charge >= 0.3 is 0 Å². The molecule has 204 valence electrons. The Morgan fingerprint density at radius 2 is 1.90 bits per heavy atom. The molecule has 0 saturated heterocycles. The Bertz CT molecular complexity index is 1730. The lowest BCUT2D eigenvalue weighted by atomic mass is 9.84. The van der Waals surface area contributed by atoms with Crippen molar-refractivity contribution in [2.24, 2.45) is 0 Å². The summed E-state index contributed by atoms with van der Waals surface area (Å²) in [6.07, 6.45) is 0. The number of carbonyl (C=O) groups is 2. The van der Waals surface area contributed by atoms with E-state index in [1.54, 1.807) is 7.11 Å². The minimum absolute atomic E-state index is 0.0188. The molecule has 1 aromatic heterocycles. The van der Waals surface area contributed by atoms with Gasteiger partial charge in [-0.2, -0.15) is 5.10 Å². The van der Waals surface area contributed by atoms with E-state index in [0.717, 1.165) is 44.8 Å². The van der Waals surface area contributed by atoms with Crippen LogP contribution in [0.1, 0.15) is 71.2 Å². The zero-order valence-electron chi connectivity index (χ0n) is 22.8. The fraction of sp³-hybridized carbons (Fsp3) is 0.258. The van der Waals surface area contributed by atoms with Crippen LogP contribution in [-0.4, -0.2) is 28.7 Å². The highest BCUT2D eigenvalue weighted by Gasteiger charge is 2.49. The van der Waals surface area contributed by atoms with Crippen molar-refractivity contribution in [1.29, 1.82) is 0 Å². The van der Waals surface area contributed by atoms with E-state index in [0.29, 0.717) is 33.7 Å². The first-order valence-corrected chi connectivity index (χ1v) is 13.8. The Kier molecular flexibility index (Phi) is 6.39. The number of benzene rings is 3. The van der Waals surface area contributed by atoms with E-state index in [4.69, 9.17) is 33.0 Å². The third kappa shape index (κ3) is 3.91. The lowest BCUT2D eigenvalue weighted by molar-refractivity contribution is -0.119. The molecule has 40 heavy (non-hydrogen) atoms. The first kappa shape index (κ1) is 26.4. The van der Waals surface area contributed by atoms with Crippen LogP contribution in [0.2, 0.25) is 10.0 Å². The zero-order chi connectivity index (χ0) is 28.5. The molecule has 1 atom stereocenters. The first-order chi connectivity index (χ1) is 19.1. The van der Waals surface area contributed by atoms with Gasteiger partial charge in [0.15, 0.2) is 5.69 Å². The molecule has 2 amide bonds. The molecule has 2 aliphatic heterocycles. The van der Waals surface area contributed by atoms with Gasteiger partial charge in [0.05, 0.1) is 29.6 Å². The van der Waals surface area contributed by atoms with Crippen molar-refractivity contribution >= 4 is 40.7 Å². The van der Waals surface area contributed by atoms with Crippen LogP contribution in [0, 0.1) is 6.92 Å². The molecule has 0 aliphatic carbocycles. The van der Waals surface area contributed by atoms with Gasteiger partial charge in [-0.05, 0) is 65.4 Å². The second-order valence-electron chi connectivity index (χ2n) is 10.5. The summed E-state index contributed by atoms with van der Waals surface area (Å²) in [5.74, 6) is 0.338. The van der Waals surface area contributed by atoms with Crippen molar-refractivity contribution in [3.8, 4) is 22.6 Å². The number of nitrogens with zero attached hydrogens (tertiary/aromatic N) is 3. The normalized spacial score (nSPS) is 15.1. The number of rotatable bonds is 5. The van der Waals surface area contributed by atoms with Crippen LogP contribution in [0.5, 0.6) is 5.75 Å². The van der Waals surface area contributed by atoms with Crippen molar-refractivity contribution in [3.05, 3.63) is 92.2 Å². The molecule has 9 heteroatoms. The number of nitrogens with one attached hydrogen (secondary N) is 1. The van der Waals surface area contributed by atoms with Gasteiger partial charge in [0, 0.05) is 29.6 Å². The van der Waals surface area contributed by atoms with E-state index in [1.165, 1.54) is 6.92 Å². The molecule has 2 aliphatic rings. The Morgan fingerprint density at radius 3 is 2.60 bits per heavy atom. The summed E-state index contributed by atoms with van der Waals surface area (Å²) in [5, 5.41) is 8.95. The van der Waals surface area contributed by atoms with Crippen LogP contribution < -0.4 is 15.0 Å². The first-order valence-electron chi connectivity index (χ1n) is 13.1.